The third kappa shape index (κ3) is 3.85. The lowest BCUT2D eigenvalue weighted by molar-refractivity contribution is -0.116. The highest BCUT2D eigenvalue weighted by Crippen LogP contribution is 2.20. The largest absolute Gasteiger partial charge is 0.365 e. The Morgan fingerprint density at radius 2 is 2.25 bits per heavy atom. The number of rotatable bonds is 3. The van der Waals surface area contributed by atoms with Crippen molar-refractivity contribution in [3.05, 3.63) is 11.4 Å². The number of carbonyl (C=O) groups is 1. The maximum absolute atomic E-state index is 11.2. The highest BCUT2D eigenvalue weighted by Gasteiger charge is 2.22. The van der Waals surface area contributed by atoms with E-state index in [2.05, 4.69) is 15.6 Å². The maximum atomic E-state index is 11.2. The van der Waals surface area contributed by atoms with Crippen LogP contribution in [-0.4, -0.2) is 23.2 Å². The van der Waals surface area contributed by atoms with E-state index in [1.165, 1.54) is 0 Å². The number of carbonyl (C=O) groups excluding carboxylic acids is 1. The summed E-state index contributed by atoms with van der Waals surface area (Å²) in [6, 6.07) is 0. The fraction of sp³-hybridized carbons (Fsp3) is 0.636. The highest BCUT2D eigenvalue weighted by molar-refractivity contribution is 6.23. The Kier molecular flexibility index (Phi) is 3.97. The molecule has 16 heavy (non-hydrogen) atoms. The van der Waals surface area contributed by atoms with E-state index in [0.29, 0.717) is 12.2 Å². The van der Waals surface area contributed by atoms with Gasteiger partial charge in [0.05, 0.1) is 6.34 Å². The summed E-state index contributed by atoms with van der Waals surface area (Å²) < 4.78 is 0. The number of ketones is 1. The summed E-state index contributed by atoms with van der Waals surface area (Å²) in [4.78, 5) is 15.4. The molecule has 0 aromatic rings. The first-order valence-electron chi connectivity index (χ1n) is 5.23. The van der Waals surface area contributed by atoms with Crippen LogP contribution in [0, 0.1) is 0 Å². The molecule has 1 aliphatic heterocycles. The molecule has 0 aromatic heterocycles. The van der Waals surface area contributed by atoms with E-state index in [9.17, 15) is 4.79 Å². The van der Waals surface area contributed by atoms with Crippen LogP contribution >= 0.6 is 11.6 Å². The second kappa shape index (κ2) is 4.87. The summed E-state index contributed by atoms with van der Waals surface area (Å²) in [7, 11) is 0. The van der Waals surface area contributed by atoms with Gasteiger partial charge in [0.25, 0.3) is 0 Å². The fourth-order valence-corrected chi connectivity index (χ4v) is 1.62. The van der Waals surface area contributed by atoms with Crippen molar-refractivity contribution in [2.45, 2.75) is 45.2 Å². The van der Waals surface area contributed by atoms with Crippen LogP contribution in [0.25, 0.3) is 0 Å². The van der Waals surface area contributed by atoms with Gasteiger partial charge in [0.15, 0.2) is 0 Å². The van der Waals surface area contributed by atoms with Crippen LogP contribution in [-0.2, 0) is 4.79 Å². The SMILES string of the molecule is CC(=O)CC1=C(NC(C)(C)C)N=CNC1Cl. The smallest absolute Gasteiger partial charge is 0.134 e. The van der Waals surface area contributed by atoms with E-state index >= 15 is 0 Å². The molecule has 0 radical (unpaired) electrons. The molecule has 1 aliphatic rings. The Morgan fingerprint density at radius 1 is 1.62 bits per heavy atom. The minimum Gasteiger partial charge on any atom is -0.365 e. The Bertz CT molecular complexity index is 342. The van der Waals surface area contributed by atoms with Gasteiger partial charge in [-0.3, -0.25) is 4.79 Å². The molecule has 1 unspecified atom stereocenters. The average Bonchev–Trinajstić information content (AvgIpc) is 2.08. The summed E-state index contributed by atoms with van der Waals surface area (Å²) in [5.74, 6) is 0.772. The Balaban J connectivity index is 2.95. The van der Waals surface area contributed by atoms with Gasteiger partial charge in [-0.25, -0.2) is 4.99 Å². The molecule has 0 bridgehead atoms. The van der Waals surface area contributed by atoms with E-state index in [1.807, 2.05) is 20.8 Å². The fourth-order valence-electron chi connectivity index (χ4n) is 1.38. The quantitative estimate of drug-likeness (QED) is 0.587. The predicted octanol–water partition coefficient (Wildman–Crippen LogP) is 1.76. The molecule has 0 aromatic carbocycles. The molecule has 0 saturated heterocycles. The van der Waals surface area contributed by atoms with Crippen LogP contribution in [0.1, 0.15) is 34.1 Å². The van der Waals surface area contributed by atoms with Gasteiger partial charge in [-0.1, -0.05) is 11.6 Å². The molecule has 0 saturated carbocycles. The van der Waals surface area contributed by atoms with Crippen molar-refractivity contribution in [2.75, 3.05) is 0 Å². The molecule has 0 spiro atoms. The summed E-state index contributed by atoms with van der Waals surface area (Å²) in [5.41, 5.74) is 0.320. The molecule has 1 atom stereocenters. The zero-order chi connectivity index (χ0) is 12.3. The third-order valence-electron chi connectivity index (χ3n) is 1.96. The zero-order valence-corrected chi connectivity index (χ0v) is 10.9. The van der Waals surface area contributed by atoms with Gasteiger partial charge in [-0.05, 0) is 27.7 Å². The molecule has 0 fully saturated rings. The number of hydrogen-bond donors (Lipinski definition) is 2. The van der Waals surface area contributed by atoms with E-state index in [0.717, 1.165) is 5.57 Å². The average molecular weight is 244 g/mol. The Labute approximate surface area is 101 Å². The van der Waals surface area contributed by atoms with E-state index < -0.39 is 0 Å². The van der Waals surface area contributed by atoms with Crippen molar-refractivity contribution in [1.82, 2.24) is 10.6 Å². The minimum absolute atomic E-state index is 0.0766. The molecule has 5 heteroatoms. The van der Waals surface area contributed by atoms with Crippen LogP contribution in [0.4, 0.5) is 0 Å². The Hall–Kier alpha value is -1.03. The monoisotopic (exact) mass is 243 g/mol. The highest BCUT2D eigenvalue weighted by atomic mass is 35.5. The zero-order valence-electron chi connectivity index (χ0n) is 10.1. The lowest BCUT2D eigenvalue weighted by Gasteiger charge is -2.27. The van der Waals surface area contributed by atoms with Gasteiger partial charge in [0.1, 0.15) is 17.1 Å². The standard InChI is InChI=1S/C11H18ClN3O/c1-7(16)5-8-9(12)13-6-14-10(8)15-11(2,3)4/h6,9,15H,5H2,1-4H3,(H,13,14). The van der Waals surface area contributed by atoms with Crippen molar-refractivity contribution in [1.29, 1.82) is 0 Å². The maximum Gasteiger partial charge on any atom is 0.134 e. The number of halogens is 1. The molecule has 2 N–H and O–H groups in total. The Morgan fingerprint density at radius 3 is 2.75 bits per heavy atom. The first-order valence-corrected chi connectivity index (χ1v) is 5.66. The van der Waals surface area contributed by atoms with Gasteiger partial charge < -0.3 is 10.6 Å². The number of hydrogen-bond acceptors (Lipinski definition) is 4. The van der Waals surface area contributed by atoms with Crippen LogP contribution in [0.3, 0.4) is 0 Å². The van der Waals surface area contributed by atoms with Crippen molar-refractivity contribution in [3.8, 4) is 0 Å². The first kappa shape index (κ1) is 13.0. The van der Waals surface area contributed by atoms with Gasteiger partial charge in [-0.15, -0.1) is 0 Å². The molecule has 0 aliphatic carbocycles. The lowest BCUT2D eigenvalue weighted by Crippen LogP contribution is -2.40. The second-order valence-electron chi connectivity index (χ2n) is 4.92. The predicted molar refractivity (Wildman–Crippen MR) is 66.5 cm³/mol. The first-order chi connectivity index (χ1) is 7.29. The summed E-state index contributed by atoms with van der Waals surface area (Å²) in [6.07, 6.45) is 1.87. The van der Waals surface area contributed by atoms with Crippen LogP contribution in [0.15, 0.2) is 16.4 Å². The van der Waals surface area contributed by atoms with Gasteiger partial charge >= 0.3 is 0 Å². The van der Waals surface area contributed by atoms with E-state index in [1.54, 1.807) is 13.3 Å². The number of aliphatic imine (C=N–C) groups is 1. The topological polar surface area (TPSA) is 53.5 Å². The van der Waals surface area contributed by atoms with Crippen LogP contribution in [0.2, 0.25) is 0 Å². The number of alkyl halides is 1. The van der Waals surface area contributed by atoms with E-state index in [4.69, 9.17) is 11.6 Å². The number of nitrogens with zero attached hydrogens (tertiary/aromatic N) is 1. The molecular weight excluding hydrogens is 226 g/mol. The van der Waals surface area contributed by atoms with Crippen molar-refractivity contribution in [2.24, 2.45) is 4.99 Å². The van der Waals surface area contributed by atoms with E-state index in [-0.39, 0.29) is 16.8 Å². The third-order valence-corrected chi connectivity index (χ3v) is 2.35. The van der Waals surface area contributed by atoms with Gasteiger partial charge in [0.2, 0.25) is 0 Å². The molecule has 90 valence electrons. The molecule has 1 heterocycles. The molecule has 0 amide bonds. The van der Waals surface area contributed by atoms with Gasteiger partial charge in [0, 0.05) is 17.5 Å². The summed E-state index contributed by atoms with van der Waals surface area (Å²) in [6.45, 7) is 7.65. The van der Waals surface area contributed by atoms with Gasteiger partial charge in [-0.2, -0.15) is 0 Å². The van der Waals surface area contributed by atoms with Crippen molar-refractivity contribution >= 4 is 23.7 Å². The number of Topliss-reactive ketones (excluding diaryl/α,β-unsaturated/α-hetero) is 1. The molecule has 1 rings (SSSR count). The van der Waals surface area contributed by atoms with Crippen molar-refractivity contribution < 1.29 is 4.79 Å². The van der Waals surface area contributed by atoms with Crippen LogP contribution < -0.4 is 10.6 Å². The molecular formula is C11H18ClN3O. The second-order valence-corrected chi connectivity index (χ2v) is 5.35. The van der Waals surface area contributed by atoms with Crippen LogP contribution in [0.5, 0.6) is 0 Å². The number of nitrogens with one attached hydrogen (secondary N) is 2. The minimum atomic E-state index is -0.369. The van der Waals surface area contributed by atoms with Crippen molar-refractivity contribution in [3.63, 3.8) is 0 Å². The molecule has 4 nitrogen and oxygen atoms in total. The summed E-state index contributed by atoms with van der Waals surface area (Å²) >= 11 is 6.10. The normalized spacial score (nSPS) is 20.7. The summed E-state index contributed by atoms with van der Waals surface area (Å²) in [5, 5.41) is 6.13. The lowest BCUT2D eigenvalue weighted by atomic mass is 10.1.